The van der Waals surface area contributed by atoms with Gasteiger partial charge in [-0.15, -0.1) is 0 Å². The maximum absolute atomic E-state index is 13.1. The molecule has 1 aromatic heterocycles. The molecule has 0 saturated heterocycles. The third-order valence-electron chi connectivity index (χ3n) is 6.42. The van der Waals surface area contributed by atoms with Crippen molar-refractivity contribution in [2.75, 3.05) is 18.6 Å². The van der Waals surface area contributed by atoms with E-state index >= 15 is 0 Å². The van der Waals surface area contributed by atoms with E-state index in [1.807, 2.05) is 0 Å². The highest BCUT2D eigenvalue weighted by Gasteiger charge is 2.33. The molecule has 0 radical (unpaired) electrons. The Hall–Kier alpha value is -4.16. The summed E-state index contributed by atoms with van der Waals surface area (Å²) in [6.45, 7) is -0.0452. The molecule has 184 valence electrons. The van der Waals surface area contributed by atoms with Crippen molar-refractivity contribution in [3.63, 3.8) is 0 Å². The highest BCUT2D eigenvalue weighted by Crippen LogP contribution is 2.33. The monoisotopic (exact) mass is 488 g/mol. The van der Waals surface area contributed by atoms with Gasteiger partial charge >= 0.3 is 6.03 Å². The Bertz CT molecular complexity index is 1370. The minimum absolute atomic E-state index is 0.0452. The van der Waals surface area contributed by atoms with E-state index in [-0.39, 0.29) is 18.3 Å². The Balaban J connectivity index is 1.26. The van der Waals surface area contributed by atoms with Crippen LogP contribution in [0.25, 0.3) is 0 Å². The quantitative estimate of drug-likeness (QED) is 0.553. The second kappa shape index (κ2) is 9.47. The molecule has 5 rings (SSSR count). The summed E-state index contributed by atoms with van der Waals surface area (Å²) in [5.74, 6) is 5.73. The fourth-order valence-corrected chi connectivity index (χ4v) is 4.10. The number of halogens is 1. The zero-order valence-corrected chi connectivity index (χ0v) is 19.7. The molecule has 1 aliphatic heterocycles. The smallest absolute Gasteiger partial charge is 0.342 e. The lowest BCUT2D eigenvalue weighted by molar-refractivity contribution is -0.120. The minimum atomic E-state index is -0.926. The molecule has 1 atom stereocenters. The van der Waals surface area contributed by atoms with Gasteiger partial charge in [0.05, 0.1) is 11.4 Å². The summed E-state index contributed by atoms with van der Waals surface area (Å²) in [6, 6.07) is 11.5. The van der Waals surface area contributed by atoms with Crippen molar-refractivity contribution in [1.82, 2.24) is 15.1 Å². The van der Waals surface area contributed by atoms with E-state index in [1.165, 1.54) is 23.2 Å². The van der Waals surface area contributed by atoms with Crippen molar-refractivity contribution in [2.45, 2.75) is 37.3 Å². The summed E-state index contributed by atoms with van der Waals surface area (Å²) in [5, 5.41) is 17.2. The molecule has 0 spiro atoms. The summed E-state index contributed by atoms with van der Waals surface area (Å²) in [4.78, 5) is 27.4. The number of rotatable bonds is 3. The molecule has 0 unspecified atom stereocenters. The maximum Gasteiger partial charge on any atom is 0.342 e. The maximum atomic E-state index is 13.1. The molecule has 2 heterocycles. The average Bonchev–Trinajstić information content (AvgIpc) is 3.29. The van der Waals surface area contributed by atoms with E-state index in [9.17, 15) is 19.1 Å². The van der Waals surface area contributed by atoms with Crippen molar-refractivity contribution >= 4 is 17.6 Å². The van der Waals surface area contributed by atoms with Crippen LogP contribution in [-0.4, -0.2) is 52.1 Å². The van der Waals surface area contributed by atoms with Crippen molar-refractivity contribution in [2.24, 2.45) is 0 Å². The third-order valence-corrected chi connectivity index (χ3v) is 6.42. The summed E-state index contributed by atoms with van der Waals surface area (Å²) in [6.07, 6.45) is 4.24. The molecule has 9 heteroatoms. The standard InChI is InChI=1S/C27H25FN4O4/c1-31-23-16-19(9-13-27(35)11-2-12-27)5-8-24(23)36-17-22(25(31)33)29-26(34)32-14-10-21(30-32)15-18-3-6-20(28)7-4-18/h3-8,10,14,16,22,35H,2,11-12,15,17H2,1H3,(H,29,34)/t22-/m1/s1. The minimum Gasteiger partial charge on any atom is -0.489 e. The van der Waals surface area contributed by atoms with Crippen LogP contribution in [0.15, 0.2) is 54.7 Å². The summed E-state index contributed by atoms with van der Waals surface area (Å²) in [5.41, 5.74) is 1.76. The largest absolute Gasteiger partial charge is 0.489 e. The molecular weight excluding hydrogens is 463 g/mol. The number of aliphatic hydroxyl groups is 1. The van der Waals surface area contributed by atoms with Crippen molar-refractivity contribution in [3.05, 3.63) is 77.4 Å². The number of benzene rings is 2. The van der Waals surface area contributed by atoms with Crippen LogP contribution < -0.4 is 15.0 Å². The van der Waals surface area contributed by atoms with Gasteiger partial charge in [0.25, 0.3) is 5.91 Å². The van der Waals surface area contributed by atoms with Crippen LogP contribution in [0.4, 0.5) is 14.9 Å². The van der Waals surface area contributed by atoms with E-state index in [2.05, 4.69) is 22.3 Å². The third kappa shape index (κ3) is 4.95. The lowest BCUT2D eigenvalue weighted by Crippen LogP contribution is -2.50. The van der Waals surface area contributed by atoms with Gasteiger partial charge in [-0.2, -0.15) is 9.78 Å². The SMILES string of the molecule is CN1C(=O)[C@H](NC(=O)n2ccc(Cc3ccc(F)cc3)n2)COc2ccc(C#CC3(O)CCC3)cc21. The van der Waals surface area contributed by atoms with E-state index in [1.54, 1.807) is 43.4 Å². The number of hydrogen-bond acceptors (Lipinski definition) is 5. The predicted molar refractivity (Wildman–Crippen MR) is 130 cm³/mol. The number of amides is 2. The van der Waals surface area contributed by atoms with Crippen molar-refractivity contribution in [1.29, 1.82) is 0 Å². The Morgan fingerprint density at radius 2 is 2.03 bits per heavy atom. The number of ether oxygens (including phenoxy) is 1. The lowest BCUT2D eigenvalue weighted by Gasteiger charge is -2.30. The molecule has 2 N–H and O–H groups in total. The zero-order chi connectivity index (χ0) is 25.3. The number of hydrogen-bond donors (Lipinski definition) is 2. The first-order chi connectivity index (χ1) is 17.3. The first-order valence-electron chi connectivity index (χ1n) is 11.7. The summed E-state index contributed by atoms with van der Waals surface area (Å²) in [7, 11) is 1.61. The highest BCUT2D eigenvalue weighted by atomic mass is 19.1. The van der Waals surface area contributed by atoms with Crippen LogP contribution in [0.5, 0.6) is 5.75 Å². The van der Waals surface area contributed by atoms with Gasteiger partial charge in [-0.25, -0.2) is 9.18 Å². The van der Waals surface area contributed by atoms with Gasteiger partial charge < -0.3 is 20.1 Å². The van der Waals surface area contributed by atoms with E-state index < -0.39 is 17.7 Å². The summed E-state index contributed by atoms with van der Waals surface area (Å²) >= 11 is 0. The lowest BCUT2D eigenvalue weighted by atomic mass is 9.81. The van der Waals surface area contributed by atoms with Gasteiger partial charge in [-0.3, -0.25) is 4.79 Å². The van der Waals surface area contributed by atoms with Crippen LogP contribution >= 0.6 is 0 Å². The van der Waals surface area contributed by atoms with Gasteiger partial charge in [0, 0.05) is 25.2 Å². The number of nitrogens with one attached hydrogen (secondary N) is 1. The molecule has 2 aromatic carbocycles. The van der Waals surface area contributed by atoms with E-state index in [4.69, 9.17) is 4.74 Å². The number of anilines is 1. The fraction of sp³-hybridized carbons (Fsp3) is 0.296. The Morgan fingerprint density at radius 3 is 2.75 bits per heavy atom. The Morgan fingerprint density at radius 1 is 1.25 bits per heavy atom. The molecule has 0 bridgehead atoms. The van der Waals surface area contributed by atoms with Gasteiger partial charge in [0.2, 0.25) is 0 Å². The average molecular weight is 489 g/mol. The Labute approximate surface area is 207 Å². The number of likely N-dealkylation sites (N-methyl/N-ethyl adjacent to an activating group) is 1. The molecule has 1 saturated carbocycles. The van der Waals surface area contributed by atoms with Gasteiger partial charge in [0.1, 0.15) is 29.8 Å². The topological polar surface area (TPSA) is 96.7 Å². The number of carbonyl (C=O) groups excluding carboxylic acids is 2. The van der Waals surface area contributed by atoms with Gasteiger partial charge in [-0.05, 0) is 61.2 Å². The highest BCUT2D eigenvalue weighted by molar-refractivity contribution is 6.00. The van der Waals surface area contributed by atoms with Crippen LogP contribution in [0.2, 0.25) is 0 Å². The van der Waals surface area contributed by atoms with E-state index in [0.29, 0.717) is 42.0 Å². The molecule has 1 aliphatic carbocycles. The van der Waals surface area contributed by atoms with Gasteiger partial charge in [0.15, 0.2) is 0 Å². The van der Waals surface area contributed by atoms with Crippen LogP contribution in [0.3, 0.4) is 0 Å². The molecule has 1 fully saturated rings. The second-order valence-corrected chi connectivity index (χ2v) is 9.08. The van der Waals surface area contributed by atoms with E-state index in [0.717, 1.165) is 16.7 Å². The fourth-order valence-electron chi connectivity index (χ4n) is 4.10. The molecule has 36 heavy (non-hydrogen) atoms. The number of fused-ring (bicyclic) bond motifs is 1. The second-order valence-electron chi connectivity index (χ2n) is 9.08. The number of carbonyl (C=O) groups is 2. The molecule has 8 nitrogen and oxygen atoms in total. The van der Waals surface area contributed by atoms with Crippen molar-refractivity contribution < 1.29 is 23.8 Å². The molecular formula is C27H25FN4O4. The Kier molecular flexibility index (Phi) is 6.20. The van der Waals surface area contributed by atoms with Crippen LogP contribution in [0.1, 0.15) is 36.1 Å². The summed E-state index contributed by atoms with van der Waals surface area (Å²) < 4.78 is 20.1. The molecule has 3 aromatic rings. The first kappa shape index (κ1) is 23.6. The molecule has 2 amide bonds. The van der Waals surface area contributed by atoms with Crippen LogP contribution in [-0.2, 0) is 11.2 Å². The van der Waals surface area contributed by atoms with Gasteiger partial charge in [-0.1, -0.05) is 24.0 Å². The number of nitrogens with zero attached hydrogens (tertiary/aromatic N) is 3. The van der Waals surface area contributed by atoms with Crippen molar-refractivity contribution in [3.8, 4) is 17.6 Å². The first-order valence-corrected chi connectivity index (χ1v) is 11.7. The predicted octanol–water partition coefficient (Wildman–Crippen LogP) is 2.86. The van der Waals surface area contributed by atoms with Crippen LogP contribution in [0, 0.1) is 17.7 Å². The number of aromatic nitrogens is 2. The zero-order valence-electron chi connectivity index (χ0n) is 19.7. The normalized spacial score (nSPS) is 18.1. The molecule has 2 aliphatic rings.